The first kappa shape index (κ1) is 16.6. The molecule has 24 heavy (non-hydrogen) atoms. The van der Waals surface area contributed by atoms with E-state index in [0.29, 0.717) is 18.7 Å². The highest BCUT2D eigenvalue weighted by Gasteiger charge is 2.16. The zero-order valence-corrected chi connectivity index (χ0v) is 14.8. The third-order valence-electron chi connectivity index (χ3n) is 3.75. The highest BCUT2D eigenvalue weighted by Crippen LogP contribution is 2.22. The Morgan fingerprint density at radius 1 is 1.46 bits per heavy atom. The molecule has 2 aromatic heterocycles. The van der Waals surface area contributed by atoms with Crippen LogP contribution in [-0.2, 0) is 11.3 Å². The van der Waals surface area contributed by atoms with Crippen LogP contribution in [0, 0.1) is 0 Å². The number of rotatable bonds is 6. The molecule has 0 radical (unpaired) electrons. The summed E-state index contributed by atoms with van der Waals surface area (Å²) in [5, 5.41) is 2.92. The SMILES string of the molecule is CCOC(C)c1nc(CN(C)C(=O)c2ccc3nc[nH]c3c2)cs1. The predicted octanol–water partition coefficient (Wildman–Crippen LogP) is 3.39. The van der Waals surface area contributed by atoms with Crippen molar-refractivity contribution < 1.29 is 9.53 Å². The van der Waals surface area contributed by atoms with Gasteiger partial charge in [0.05, 0.1) is 29.6 Å². The molecule has 0 aliphatic heterocycles. The average molecular weight is 344 g/mol. The maximum Gasteiger partial charge on any atom is 0.254 e. The van der Waals surface area contributed by atoms with E-state index >= 15 is 0 Å². The average Bonchev–Trinajstić information content (AvgIpc) is 3.22. The van der Waals surface area contributed by atoms with Crippen LogP contribution in [0.5, 0.6) is 0 Å². The molecule has 6 nitrogen and oxygen atoms in total. The van der Waals surface area contributed by atoms with Crippen molar-refractivity contribution in [3.8, 4) is 0 Å². The Bertz CT molecular complexity index is 842. The number of H-pyrrole nitrogens is 1. The lowest BCUT2D eigenvalue weighted by Gasteiger charge is -2.16. The van der Waals surface area contributed by atoms with Crippen LogP contribution in [0.4, 0.5) is 0 Å². The summed E-state index contributed by atoms with van der Waals surface area (Å²) in [6, 6.07) is 5.47. The second kappa shape index (κ2) is 7.11. The number of amides is 1. The van der Waals surface area contributed by atoms with Gasteiger partial charge in [0.25, 0.3) is 5.91 Å². The standard InChI is InChI=1S/C17H20N4O2S/c1-4-23-11(2)16-20-13(9-24-16)8-21(3)17(22)12-5-6-14-15(7-12)19-10-18-14/h5-7,9-11H,4,8H2,1-3H3,(H,18,19). The van der Waals surface area contributed by atoms with Gasteiger partial charge in [-0.15, -0.1) is 11.3 Å². The number of fused-ring (bicyclic) bond motifs is 1. The Hall–Kier alpha value is -2.25. The molecule has 1 amide bonds. The molecule has 0 fully saturated rings. The minimum absolute atomic E-state index is 0.0162. The Balaban J connectivity index is 1.69. The number of ether oxygens (including phenoxy) is 1. The number of imidazole rings is 1. The molecule has 1 atom stereocenters. The van der Waals surface area contributed by atoms with E-state index in [1.54, 1.807) is 35.7 Å². The van der Waals surface area contributed by atoms with E-state index in [9.17, 15) is 4.79 Å². The molecule has 0 aliphatic carbocycles. The molecule has 3 aromatic rings. The topological polar surface area (TPSA) is 71.1 Å². The molecular weight excluding hydrogens is 324 g/mol. The summed E-state index contributed by atoms with van der Waals surface area (Å²) in [4.78, 5) is 26.0. The second-order valence-corrected chi connectivity index (χ2v) is 6.46. The molecule has 0 spiro atoms. The van der Waals surface area contributed by atoms with Gasteiger partial charge >= 0.3 is 0 Å². The van der Waals surface area contributed by atoms with Crippen molar-refractivity contribution in [2.24, 2.45) is 0 Å². The van der Waals surface area contributed by atoms with E-state index in [0.717, 1.165) is 21.7 Å². The van der Waals surface area contributed by atoms with Crippen LogP contribution in [0.3, 0.4) is 0 Å². The first-order valence-corrected chi connectivity index (χ1v) is 8.71. The van der Waals surface area contributed by atoms with E-state index in [1.165, 1.54) is 0 Å². The predicted molar refractivity (Wildman–Crippen MR) is 94.0 cm³/mol. The molecule has 1 N–H and O–H groups in total. The molecular formula is C17H20N4O2S. The van der Waals surface area contributed by atoms with Crippen LogP contribution in [-0.4, -0.2) is 39.4 Å². The number of carbonyl (C=O) groups excluding carboxylic acids is 1. The van der Waals surface area contributed by atoms with Crippen molar-refractivity contribution in [2.75, 3.05) is 13.7 Å². The molecule has 1 unspecified atom stereocenters. The normalized spacial score (nSPS) is 12.5. The first-order chi connectivity index (χ1) is 11.6. The van der Waals surface area contributed by atoms with E-state index in [4.69, 9.17) is 4.74 Å². The quantitative estimate of drug-likeness (QED) is 0.744. The number of nitrogens with zero attached hydrogens (tertiary/aromatic N) is 3. The van der Waals surface area contributed by atoms with Gasteiger partial charge in [0.2, 0.25) is 0 Å². The zero-order valence-electron chi connectivity index (χ0n) is 13.9. The van der Waals surface area contributed by atoms with Gasteiger partial charge in [-0.05, 0) is 32.0 Å². The maximum atomic E-state index is 12.6. The van der Waals surface area contributed by atoms with Gasteiger partial charge < -0.3 is 14.6 Å². The van der Waals surface area contributed by atoms with Gasteiger partial charge in [0, 0.05) is 24.6 Å². The van der Waals surface area contributed by atoms with E-state index in [1.807, 2.05) is 31.4 Å². The first-order valence-electron chi connectivity index (χ1n) is 7.83. The fourth-order valence-electron chi connectivity index (χ4n) is 2.51. The Morgan fingerprint density at radius 3 is 3.08 bits per heavy atom. The van der Waals surface area contributed by atoms with Crippen molar-refractivity contribution >= 4 is 28.3 Å². The number of hydrogen-bond acceptors (Lipinski definition) is 5. The van der Waals surface area contributed by atoms with Gasteiger partial charge in [0.15, 0.2) is 0 Å². The molecule has 2 heterocycles. The molecule has 0 bridgehead atoms. The molecule has 0 saturated carbocycles. The van der Waals surface area contributed by atoms with Crippen LogP contribution in [0.15, 0.2) is 29.9 Å². The van der Waals surface area contributed by atoms with Crippen molar-refractivity contribution in [2.45, 2.75) is 26.5 Å². The molecule has 7 heteroatoms. The summed E-state index contributed by atoms with van der Waals surface area (Å²) in [6.07, 6.45) is 1.61. The Labute approximate surface area is 144 Å². The second-order valence-electron chi connectivity index (χ2n) is 5.57. The third kappa shape index (κ3) is 3.47. The number of nitrogens with one attached hydrogen (secondary N) is 1. The number of aromatic amines is 1. The molecule has 126 valence electrons. The van der Waals surface area contributed by atoms with Crippen molar-refractivity contribution in [3.05, 3.63) is 46.2 Å². The minimum atomic E-state index is -0.0427. The summed E-state index contributed by atoms with van der Waals surface area (Å²) < 4.78 is 5.55. The van der Waals surface area contributed by atoms with Gasteiger partial charge in [-0.2, -0.15) is 0 Å². The highest BCUT2D eigenvalue weighted by atomic mass is 32.1. The Kier molecular flexibility index (Phi) is 4.92. The molecule has 0 saturated heterocycles. The molecule has 1 aromatic carbocycles. The van der Waals surface area contributed by atoms with Crippen LogP contribution in [0.1, 0.15) is 41.0 Å². The summed E-state index contributed by atoms with van der Waals surface area (Å²) in [5.74, 6) is -0.0427. The lowest BCUT2D eigenvalue weighted by molar-refractivity contribution is 0.0756. The number of benzene rings is 1. The van der Waals surface area contributed by atoms with Crippen LogP contribution in [0.25, 0.3) is 11.0 Å². The smallest absolute Gasteiger partial charge is 0.254 e. The summed E-state index contributed by atoms with van der Waals surface area (Å²) in [6.45, 7) is 5.08. The van der Waals surface area contributed by atoms with Gasteiger partial charge in [-0.1, -0.05) is 0 Å². The van der Waals surface area contributed by atoms with E-state index in [-0.39, 0.29) is 12.0 Å². The van der Waals surface area contributed by atoms with Crippen molar-refractivity contribution in [1.82, 2.24) is 19.9 Å². The summed E-state index contributed by atoms with van der Waals surface area (Å²) in [5.41, 5.74) is 3.21. The van der Waals surface area contributed by atoms with Gasteiger partial charge in [-0.25, -0.2) is 9.97 Å². The fraction of sp³-hybridized carbons (Fsp3) is 0.353. The summed E-state index contributed by atoms with van der Waals surface area (Å²) in [7, 11) is 1.78. The lowest BCUT2D eigenvalue weighted by Crippen LogP contribution is -2.26. The minimum Gasteiger partial charge on any atom is -0.372 e. The largest absolute Gasteiger partial charge is 0.372 e. The lowest BCUT2D eigenvalue weighted by atomic mass is 10.2. The number of carbonyl (C=O) groups is 1. The molecule has 0 aliphatic rings. The van der Waals surface area contributed by atoms with Crippen molar-refractivity contribution in [3.63, 3.8) is 0 Å². The monoisotopic (exact) mass is 344 g/mol. The van der Waals surface area contributed by atoms with Crippen LogP contribution < -0.4 is 0 Å². The van der Waals surface area contributed by atoms with Crippen molar-refractivity contribution in [1.29, 1.82) is 0 Å². The van der Waals surface area contributed by atoms with Gasteiger partial charge in [0.1, 0.15) is 11.1 Å². The van der Waals surface area contributed by atoms with E-state index in [2.05, 4.69) is 15.0 Å². The van der Waals surface area contributed by atoms with Gasteiger partial charge in [-0.3, -0.25) is 4.79 Å². The van der Waals surface area contributed by atoms with Crippen LogP contribution in [0.2, 0.25) is 0 Å². The third-order valence-corrected chi connectivity index (χ3v) is 4.80. The number of hydrogen-bond donors (Lipinski definition) is 1. The highest BCUT2D eigenvalue weighted by molar-refractivity contribution is 7.09. The number of aromatic nitrogens is 3. The molecule has 3 rings (SSSR count). The maximum absolute atomic E-state index is 12.6. The van der Waals surface area contributed by atoms with Crippen LogP contribution >= 0.6 is 11.3 Å². The number of thiazole rings is 1. The Morgan fingerprint density at radius 2 is 2.29 bits per heavy atom. The van der Waals surface area contributed by atoms with E-state index < -0.39 is 0 Å². The zero-order chi connectivity index (χ0) is 17.1. The fourth-order valence-corrected chi connectivity index (χ4v) is 3.32. The summed E-state index contributed by atoms with van der Waals surface area (Å²) >= 11 is 1.56.